The van der Waals surface area contributed by atoms with E-state index in [0.29, 0.717) is 0 Å². The van der Waals surface area contributed by atoms with Gasteiger partial charge in [0.05, 0.1) is 11.7 Å². The maximum atomic E-state index is 7.17. The van der Waals surface area contributed by atoms with Crippen molar-refractivity contribution in [2.75, 3.05) is 0 Å². The third kappa shape index (κ3) is 3.20. The molecular formula is C6H8BN3O3. The zero-order chi connectivity index (χ0) is 9.68. The molecule has 7 heteroatoms. The largest absolute Gasteiger partial charge is 0.631 e. The van der Waals surface area contributed by atoms with Crippen LogP contribution in [0.1, 0.15) is 0 Å². The molecule has 2 rings (SSSR count). The van der Waals surface area contributed by atoms with Crippen LogP contribution in [0.3, 0.4) is 0 Å². The summed E-state index contributed by atoms with van der Waals surface area (Å²) in [6, 6.07) is 3.78. The lowest BCUT2D eigenvalue weighted by Gasteiger charge is -1.81. The zero-order valence-electron chi connectivity index (χ0n) is 6.62. The van der Waals surface area contributed by atoms with Gasteiger partial charge in [0, 0.05) is 6.20 Å². The van der Waals surface area contributed by atoms with Crippen molar-refractivity contribution in [3.63, 3.8) is 0 Å². The number of aromatic nitrogens is 3. The molecule has 2 heterocycles. The first-order chi connectivity index (χ1) is 6.20. The Morgan fingerprint density at radius 1 is 1.23 bits per heavy atom. The summed E-state index contributed by atoms with van der Waals surface area (Å²) >= 11 is 0. The van der Waals surface area contributed by atoms with E-state index in [9.17, 15) is 0 Å². The van der Waals surface area contributed by atoms with Gasteiger partial charge in [0.2, 0.25) is 0 Å². The van der Waals surface area contributed by atoms with Crippen LogP contribution in [0.5, 0.6) is 0 Å². The molecule has 0 fully saturated rings. The SMILES string of the molecule is OB(O)O.c1cc2[nH]ccc2nn1. The Hall–Kier alpha value is -1.44. The van der Waals surface area contributed by atoms with E-state index >= 15 is 0 Å². The highest BCUT2D eigenvalue weighted by molar-refractivity contribution is 6.30. The fourth-order valence-corrected chi connectivity index (χ4v) is 0.798. The van der Waals surface area contributed by atoms with Crippen molar-refractivity contribution in [2.45, 2.75) is 0 Å². The van der Waals surface area contributed by atoms with Crippen LogP contribution in [0.25, 0.3) is 11.0 Å². The molecule has 2 aromatic rings. The predicted octanol–water partition coefficient (Wildman–Crippen LogP) is -1.09. The van der Waals surface area contributed by atoms with Crippen LogP contribution in [-0.4, -0.2) is 37.6 Å². The molecule has 0 aliphatic rings. The van der Waals surface area contributed by atoms with Crippen LogP contribution >= 0.6 is 0 Å². The highest BCUT2D eigenvalue weighted by Gasteiger charge is 1.92. The van der Waals surface area contributed by atoms with E-state index in [-0.39, 0.29) is 0 Å². The summed E-state index contributed by atoms with van der Waals surface area (Å²) < 4.78 is 0. The van der Waals surface area contributed by atoms with E-state index < -0.39 is 7.32 Å². The highest BCUT2D eigenvalue weighted by atomic mass is 16.5. The summed E-state index contributed by atoms with van der Waals surface area (Å²) in [5.41, 5.74) is 1.95. The van der Waals surface area contributed by atoms with E-state index in [1.165, 1.54) is 0 Å². The first-order valence-corrected chi connectivity index (χ1v) is 3.49. The van der Waals surface area contributed by atoms with Crippen molar-refractivity contribution in [2.24, 2.45) is 0 Å². The Bertz CT molecular complexity index is 332. The second kappa shape index (κ2) is 4.56. The summed E-state index contributed by atoms with van der Waals surface area (Å²) in [5.74, 6) is 0. The van der Waals surface area contributed by atoms with Gasteiger partial charge in [-0.15, -0.1) is 5.10 Å². The molecule has 0 bridgehead atoms. The first-order valence-electron chi connectivity index (χ1n) is 3.49. The molecule has 68 valence electrons. The standard InChI is InChI=1S/C6H5N3.BH3O3/c1-3-7-5-2-4-8-9-6(1)5;2-1(3)4/h1-4,7H;2-4H. The van der Waals surface area contributed by atoms with E-state index in [1.54, 1.807) is 6.20 Å². The number of rotatable bonds is 0. The van der Waals surface area contributed by atoms with E-state index in [2.05, 4.69) is 15.2 Å². The number of hydrogen-bond acceptors (Lipinski definition) is 5. The molecule has 4 N–H and O–H groups in total. The molecule has 13 heavy (non-hydrogen) atoms. The maximum Gasteiger partial charge on any atom is 0.631 e. The van der Waals surface area contributed by atoms with Gasteiger partial charge in [-0.3, -0.25) is 0 Å². The lowest BCUT2D eigenvalue weighted by atomic mass is 10.3. The molecule has 0 saturated carbocycles. The van der Waals surface area contributed by atoms with Gasteiger partial charge in [-0.2, -0.15) is 5.10 Å². The first kappa shape index (κ1) is 9.65. The minimum Gasteiger partial charge on any atom is -0.402 e. The van der Waals surface area contributed by atoms with Crippen molar-refractivity contribution in [3.8, 4) is 0 Å². The van der Waals surface area contributed by atoms with Crippen molar-refractivity contribution in [3.05, 3.63) is 24.5 Å². The Morgan fingerprint density at radius 2 is 1.92 bits per heavy atom. The van der Waals surface area contributed by atoms with Crippen molar-refractivity contribution >= 4 is 18.4 Å². The van der Waals surface area contributed by atoms with Gasteiger partial charge in [0.25, 0.3) is 0 Å². The van der Waals surface area contributed by atoms with Gasteiger partial charge in [0.15, 0.2) is 0 Å². The fraction of sp³-hybridized carbons (Fsp3) is 0. The van der Waals surface area contributed by atoms with Crippen LogP contribution in [0.4, 0.5) is 0 Å². The summed E-state index contributed by atoms with van der Waals surface area (Å²) in [6.07, 6.45) is 3.51. The number of fused-ring (bicyclic) bond motifs is 1. The lowest BCUT2D eigenvalue weighted by molar-refractivity contribution is 0.278. The number of H-pyrrole nitrogens is 1. The monoisotopic (exact) mass is 181 g/mol. The predicted molar refractivity (Wildman–Crippen MR) is 46.3 cm³/mol. The molecule has 0 radical (unpaired) electrons. The minimum absolute atomic E-state index is 0.914. The van der Waals surface area contributed by atoms with E-state index in [1.807, 2.05) is 18.3 Å². The van der Waals surface area contributed by atoms with Crippen molar-refractivity contribution < 1.29 is 15.1 Å². The van der Waals surface area contributed by atoms with Crippen LogP contribution < -0.4 is 0 Å². The molecule has 0 atom stereocenters. The Morgan fingerprint density at radius 3 is 2.54 bits per heavy atom. The Balaban J connectivity index is 0.000000184. The molecule has 0 saturated heterocycles. The van der Waals surface area contributed by atoms with Crippen LogP contribution in [0, 0.1) is 0 Å². The Kier molecular flexibility index (Phi) is 3.38. The number of nitrogens with one attached hydrogen (secondary N) is 1. The smallest absolute Gasteiger partial charge is 0.402 e. The lowest BCUT2D eigenvalue weighted by Crippen LogP contribution is -2.07. The second-order valence-corrected chi connectivity index (χ2v) is 2.15. The molecule has 0 spiro atoms. The molecule has 0 aliphatic carbocycles. The Labute approximate surface area is 74.0 Å². The van der Waals surface area contributed by atoms with Gasteiger partial charge in [-0.1, -0.05) is 0 Å². The highest BCUT2D eigenvalue weighted by Crippen LogP contribution is 2.03. The molecular weight excluding hydrogens is 173 g/mol. The van der Waals surface area contributed by atoms with Gasteiger partial charge < -0.3 is 20.1 Å². The average Bonchev–Trinajstić information content (AvgIpc) is 2.49. The van der Waals surface area contributed by atoms with Crippen LogP contribution in [-0.2, 0) is 0 Å². The molecule has 0 aromatic carbocycles. The van der Waals surface area contributed by atoms with Gasteiger partial charge >= 0.3 is 7.32 Å². The minimum atomic E-state index is -2.17. The van der Waals surface area contributed by atoms with Crippen molar-refractivity contribution in [1.29, 1.82) is 0 Å². The summed E-state index contributed by atoms with van der Waals surface area (Å²) in [5, 5.41) is 29.1. The quantitative estimate of drug-likeness (QED) is 0.386. The third-order valence-electron chi connectivity index (χ3n) is 1.23. The topological polar surface area (TPSA) is 102 Å². The fourth-order valence-electron chi connectivity index (χ4n) is 0.798. The molecule has 2 aromatic heterocycles. The van der Waals surface area contributed by atoms with Crippen LogP contribution in [0.2, 0.25) is 0 Å². The molecule has 0 aliphatic heterocycles. The molecule has 6 nitrogen and oxygen atoms in total. The van der Waals surface area contributed by atoms with Crippen LogP contribution in [0.15, 0.2) is 24.5 Å². The molecule has 0 unspecified atom stereocenters. The zero-order valence-corrected chi connectivity index (χ0v) is 6.62. The summed E-state index contributed by atoms with van der Waals surface area (Å²) in [6.45, 7) is 0. The summed E-state index contributed by atoms with van der Waals surface area (Å²) in [4.78, 5) is 3.02. The maximum absolute atomic E-state index is 7.17. The number of aromatic amines is 1. The second-order valence-electron chi connectivity index (χ2n) is 2.15. The van der Waals surface area contributed by atoms with Gasteiger partial charge in [-0.25, -0.2) is 0 Å². The normalized spacial score (nSPS) is 9.15. The summed E-state index contributed by atoms with van der Waals surface area (Å²) in [7, 11) is -2.17. The van der Waals surface area contributed by atoms with Crippen molar-refractivity contribution in [1.82, 2.24) is 15.2 Å². The van der Waals surface area contributed by atoms with Gasteiger partial charge in [0.1, 0.15) is 5.52 Å². The third-order valence-corrected chi connectivity index (χ3v) is 1.23. The molecule has 0 amide bonds. The number of hydrogen-bond donors (Lipinski definition) is 4. The number of nitrogens with zero attached hydrogens (tertiary/aromatic N) is 2. The van der Waals surface area contributed by atoms with E-state index in [4.69, 9.17) is 15.1 Å². The average molecular weight is 181 g/mol. The van der Waals surface area contributed by atoms with Gasteiger partial charge in [-0.05, 0) is 12.1 Å². The van der Waals surface area contributed by atoms with E-state index in [0.717, 1.165) is 11.0 Å².